The summed E-state index contributed by atoms with van der Waals surface area (Å²) >= 11 is 5.32. The van der Waals surface area contributed by atoms with E-state index in [2.05, 4.69) is 21.2 Å². The largest absolute Gasteiger partial charge is 0.490 e. The van der Waals surface area contributed by atoms with Gasteiger partial charge in [-0.2, -0.15) is 5.10 Å². The van der Waals surface area contributed by atoms with Crippen molar-refractivity contribution in [1.29, 1.82) is 0 Å². The fourth-order valence-electron chi connectivity index (χ4n) is 4.45. The van der Waals surface area contributed by atoms with Crippen molar-refractivity contribution in [2.45, 2.75) is 40.3 Å². The van der Waals surface area contributed by atoms with Crippen LogP contribution in [0.25, 0.3) is 0 Å². The van der Waals surface area contributed by atoms with Crippen molar-refractivity contribution in [1.82, 2.24) is 16.1 Å². The lowest BCUT2D eigenvalue weighted by Crippen LogP contribution is -2.45. The molecular formula is C33H36N4O6S. The molecule has 4 rings (SSSR count). The molecule has 0 radical (unpaired) electrons. The van der Waals surface area contributed by atoms with Crippen LogP contribution in [0.4, 0.5) is 0 Å². The lowest BCUT2D eigenvalue weighted by atomic mass is 9.95. The van der Waals surface area contributed by atoms with Crippen LogP contribution in [0.2, 0.25) is 0 Å². The van der Waals surface area contributed by atoms with E-state index in [0.717, 1.165) is 5.56 Å². The highest BCUT2D eigenvalue weighted by Gasteiger charge is 2.32. The van der Waals surface area contributed by atoms with E-state index >= 15 is 0 Å². The van der Waals surface area contributed by atoms with Gasteiger partial charge in [-0.3, -0.25) is 4.79 Å². The summed E-state index contributed by atoms with van der Waals surface area (Å²) < 4.78 is 22.9. The SMILES string of the molecule is CCOC(=O)C1=C(C)NC(=S)N[C@H]1c1ccccc1OCC(=O)NN=Cc1ccc(OCc2ccc(C)cc2)c(OCC)c1. The molecule has 1 aliphatic heterocycles. The summed E-state index contributed by atoms with van der Waals surface area (Å²) in [5.41, 5.74) is 7.02. The summed E-state index contributed by atoms with van der Waals surface area (Å²) in [6.45, 7) is 8.23. The number of carbonyl (C=O) groups is 2. The average molecular weight is 617 g/mol. The Bertz CT molecular complexity index is 1550. The quantitative estimate of drug-likeness (QED) is 0.107. The molecule has 3 aromatic carbocycles. The van der Waals surface area contributed by atoms with Gasteiger partial charge in [0.2, 0.25) is 0 Å². The zero-order valence-corrected chi connectivity index (χ0v) is 26.0. The van der Waals surface area contributed by atoms with E-state index in [1.165, 1.54) is 11.8 Å². The van der Waals surface area contributed by atoms with E-state index in [1.807, 2.05) is 56.3 Å². The molecule has 0 bridgehead atoms. The number of hydrogen-bond acceptors (Lipinski definition) is 8. The molecule has 0 aromatic heterocycles. The number of thiocarbonyl (C=S) groups is 1. The second kappa shape index (κ2) is 15.5. The lowest BCUT2D eigenvalue weighted by Gasteiger charge is -2.30. The Morgan fingerprint density at radius 1 is 0.932 bits per heavy atom. The molecule has 3 N–H and O–H groups in total. The number of amides is 1. The Morgan fingerprint density at radius 2 is 1.70 bits per heavy atom. The van der Waals surface area contributed by atoms with E-state index in [-0.39, 0.29) is 13.2 Å². The highest BCUT2D eigenvalue weighted by Crippen LogP contribution is 2.33. The normalized spacial score (nSPS) is 14.5. The molecule has 0 unspecified atom stereocenters. The van der Waals surface area contributed by atoms with Crippen molar-refractivity contribution in [3.63, 3.8) is 0 Å². The Kier molecular flexibility index (Phi) is 11.3. The molecule has 0 spiro atoms. The van der Waals surface area contributed by atoms with Crippen molar-refractivity contribution in [2.75, 3.05) is 19.8 Å². The number of esters is 1. The summed E-state index contributed by atoms with van der Waals surface area (Å²) in [5, 5.41) is 10.5. The highest BCUT2D eigenvalue weighted by atomic mass is 32.1. The number of hydrazone groups is 1. The number of aryl methyl sites for hydroxylation is 1. The number of rotatable bonds is 13. The van der Waals surface area contributed by atoms with Gasteiger partial charge in [0, 0.05) is 11.3 Å². The molecule has 10 nitrogen and oxygen atoms in total. The maximum absolute atomic E-state index is 12.8. The van der Waals surface area contributed by atoms with Gasteiger partial charge >= 0.3 is 5.97 Å². The predicted octanol–water partition coefficient (Wildman–Crippen LogP) is 4.86. The van der Waals surface area contributed by atoms with Crippen LogP contribution in [-0.2, 0) is 20.9 Å². The molecule has 1 atom stereocenters. The van der Waals surface area contributed by atoms with Crippen LogP contribution in [0.3, 0.4) is 0 Å². The van der Waals surface area contributed by atoms with Gasteiger partial charge in [-0.05, 0) is 75.3 Å². The maximum Gasteiger partial charge on any atom is 0.338 e. The third-order valence-electron chi connectivity index (χ3n) is 6.54. The van der Waals surface area contributed by atoms with Gasteiger partial charge in [0.05, 0.1) is 31.0 Å². The molecule has 1 aliphatic rings. The van der Waals surface area contributed by atoms with Crippen molar-refractivity contribution < 1.29 is 28.5 Å². The Labute approximate surface area is 262 Å². The molecule has 0 saturated heterocycles. The van der Waals surface area contributed by atoms with Crippen molar-refractivity contribution in [3.05, 3.63) is 100 Å². The second-order valence-electron chi connectivity index (χ2n) is 9.82. The number of para-hydroxylation sites is 1. The van der Waals surface area contributed by atoms with Gasteiger partial charge in [0.1, 0.15) is 12.4 Å². The second-order valence-corrected chi connectivity index (χ2v) is 10.2. The van der Waals surface area contributed by atoms with Crippen LogP contribution in [-0.4, -0.2) is 43.0 Å². The summed E-state index contributed by atoms with van der Waals surface area (Å²) in [7, 11) is 0. The minimum Gasteiger partial charge on any atom is -0.490 e. The van der Waals surface area contributed by atoms with E-state index < -0.39 is 17.9 Å². The molecule has 0 fully saturated rings. The Morgan fingerprint density at radius 3 is 2.45 bits per heavy atom. The van der Waals surface area contributed by atoms with Gasteiger partial charge in [0.25, 0.3) is 5.91 Å². The zero-order chi connectivity index (χ0) is 31.5. The van der Waals surface area contributed by atoms with Crippen LogP contribution >= 0.6 is 12.2 Å². The van der Waals surface area contributed by atoms with Crippen molar-refractivity contribution in [2.24, 2.45) is 5.10 Å². The summed E-state index contributed by atoms with van der Waals surface area (Å²) in [5.74, 6) is 0.655. The van der Waals surface area contributed by atoms with E-state index in [1.54, 1.807) is 38.1 Å². The fraction of sp³-hybridized carbons (Fsp3) is 0.273. The molecule has 44 heavy (non-hydrogen) atoms. The Hall–Kier alpha value is -4.90. The predicted molar refractivity (Wildman–Crippen MR) is 172 cm³/mol. The molecule has 3 aromatic rings. The van der Waals surface area contributed by atoms with Crippen LogP contribution in [0, 0.1) is 6.92 Å². The third kappa shape index (κ3) is 8.57. The number of ether oxygens (including phenoxy) is 4. The number of allylic oxidation sites excluding steroid dienone is 1. The molecule has 230 valence electrons. The summed E-state index contributed by atoms with van der Waals surface area (Å²) in [6.07, 6.45) is 1.51. The van der Waals surface area contributed by atoms with E-state index in [0.29, 0.717) is 58.0 Å². The van der Waals surface area contributed by atoms with Crippen LogP contribution in [0.15, 0.2) is 83.1 Å². The first kappa shape index (κ1) is 32.0. The molecule has 11 heteroatoms. The molecular weight excluding hydrogens is 580 g/mol. The van der Waals surface area contributed by atoms with Crippen LogP contribution in [0.1, 0.15) is 49.1 Å². The summed E-state index contributed by atoms with van der Waals surface area (Å²) in [4.78, 5) is 25.3. The monoisotopic (exact) mass is 616 g/mol. The minimum absolute atomic E-state index is 0.227. The number of hydrogen-bond donors (Lipinski definition) is 3. The zero-order valence-electron chi connectivity index (χ0n) is 25.1. The lowest BCUT2D eigenvalue weighted by molar-refractivity contribution is -0.139. The van der Waals surface area contributed by atoms with Gasteiger partial charge in [-0.15, -0.1) is 0 Å². The molecule has 0 saturated carbocycles. The third-order valence-corrected chi connectivity index (χ3v) is 6.76. The molecule has 1 heterocycles. The first-order chi connectivity index (χ1) is 21.3. The topological polar surface area (TPSA) is 120 Å². The molecule has 0 aliphatic carbocycles. The van der Waals surface area contributed by atoms with Crippen LogP contribution in [0.5, 0.6) is 17.2 Å². The maximum atomic E-state index is 12.8. The van der Waals surface area contributed by atoms with E-state index in [4.69, 9.17) is 31.2 Å². The van der Waals surface area contributed by atoms with Crippen molar-refractivity contribution >= 4 is 35.4 Å². The van der Waals surface area contributed by atoms with Gasteiger partial charge in [-0.25, -0.2) is 10.2 Å². The summed E-state index contributed by atoms with van der Waals surface area (Å²) in [6, 6.07) is 20.1. The smallest absolute Gasteiger partial charge is 0.338 e. The minimum atomic E-state index is -0.622. The molecule has 1 amide bonds. The highest BCUT2D eigenvalue weighted by molar-refractivity contribution is 7.80. The average Bonchev–Trinajstić information content (AvgIpc) is 3.00. The standard InChI is InChI=1S/C33H36N4O6S/c1-5-40-28-17-24(15-16-27(28)42-19-23-13-11-21(3)12-14-23)18-34-37-29(38)20-43-26-10-8-7-9-25(26)31-30(32(39)41-6-2)22(4)35-33(44)36-31/h7-18,31H,5-6,19-20H2,1-4H3,(H,37,38)(H2,35,36,44)/t31-/m0/s1. The fourth-order valence-corrected chi connectivity index (χ4v) is 4.72. The number of nitrogens with zero attached hydrogens (tertiary/aromatic N) is 1. The van der Waals surface area contributed by atoms with Gasteiger partial charge in [-0.1, -0.05) is 48.0 Å². The van der Waals surface area contributed by atoms with Gasteiger partial charge in [0.15, 0.2) is 23.2 Å². The van der Waals surface area contributed by atoms with Crippen LogP contribution < -0.4 is 30.3 Å². The first-order valence-corrected chi connectivity index (χ1v) is 14.6. The number of carbonyl (C=O) groups excluding carboxylic acids is 2. The van der Waals surface area contributed by atoms with E-state index in [9.17, 15) is 9.59 Å². The van der Waals surface area contributed by atoms with Crippen molar-refractivity contribution in [3.8, 4) is 17.2 Å². The number of benzene rings is 3. The Balaban J connectivity index is 1.38. The first-order valence-electron chi connectivity index (χ1n) is 14.2. The van der Waals surface area contributed by atoms with Gasteiger partial charge < -0.3 is 29.6 Å². The number of nitrogens with one attached hydrogen (secondary N) is 3.